The molecular formula is C58H68BrN10O11+. The Morgan fingerprint density at radius 2 is 1.57 bits per heavy atom. The molecule has 0 saturated heterocycles. The van der Waals surface area contributed by atoms with E-state index < -0.39 is 23.9 Å². The van der Waals surface area contributed by atoms with Gasteiger partial charge in [0.15, 0.2) is 24.7 Å². The number of nitrogens with zero attached hydrogens (tertiary/aromatic N) is 4. The van der Waals surface area contributed by atoms with Crippen LogP contribution in [0.3, 0.4) is 0 Å². The molecule has 0 unspecified atom stereocenters. The molecule has 0 bridgehead atoms. The summed E-state index contributed by atoms with van der Waals surface area (Å²) in [5.74, 6) is 0.0914. The van der Waals surface area contributed by atoms with E-state index in [0.717, 1.165) is 31.8 Å². The van der Waals surface area contributed by atoms with Crippen molar-refractivity contribution in [2.45, 2.75) is 72.1 Å². The Morgan fingerprint density at radius 3 is 2.25 bits per heavy atom. The normalized spacial score (nSPS) is 12.8. The number of carbonyl (C=O) groups excluding carboxylic acids is 7. The standard InChI is InChI=1S/C58H67BrN10O11/c1-5-22-68(37-44-31-47-49(33-48(44)59)63-39(4)64-57(47)76)46-16-12-42(13-17-46)55(74)62-34-41-8-7-23-67(36-41)35-40-10-14-45(15-11-40)65-56(75)43(9-6-21-61-58(60)77)32-50(70)54(38(2)3)66-51(71)20-25-78-27-29-80-30-28-79-26-24-69-52(72)18-19-53(69)73/h1,7-8,10-19,23,31,33,36,38,43,54H,6,9,20-22,24-30,32,34-35,37H2,2-4H3,(H6-,60,61,62,63,64,65,66,71,74,75,76,77)/p+1/t43-,54+/m1/s1. The number of primary amides is 1. The highest BCUT2D eigenvalue weighted by molar-refractivity contribution is 9.10. The summed E-state index contributed by atoms with van der Waals surface area (Å²) in [6.07, 6.45) is 12.5. The molecule has 3 heterocycles. The van der Waals surface area contributed by atoms with Crippen LogP contribution in [0.25, 0.3) is 10.9 Å². The van der Waals surface area contributed by atoms with Gasteiger partial charge < -0.3 is 51.1 Å². The van der Waals surface area contributed by atoms with Crippen LogP contribution in [-0.2, 0) is 57.8 Å². The number of ketones is 1. The van der Waals surface area contributed by atoms with Crippen molar-refractivity contribution in [1.82, 2.24) is 30.8 Å². The van der Waals surface area contributed by atoms with Gasteiger partial charge in [0.1, 0.15) is 5.82 Å². The summed E-state index contributed by atoms with van der Waals surface area (Å²) in [5, 5.41) is 11.7. The number of imide groups is 1. The van der Waals surface area contributed by atoms with Crippen LogP contribution in [0.5, 0.6) is 0 Å². The van der Waals surface area contributed by atoms with Crippen molar-refractivity contribution in [3.8, 4) is 12.3 Å². The zero-order valence-corrected chi connectivity index (χ0v) is 46.7. The number of aryl methyl sites for hydroxylation is 1. The Morgan fingerprint density at radius 1 is 0.887 bits per heavy atom. The van der Waals surface area contributed by atoms with E-state index in [9.17, 15) is 38.4 Å². The lowest BCUT2D eigenvalue weighted by Gasteiger charge is -2.24. The van der Waals surface area contributed by atoms with Crippen molar-refractivity contribution in [2.75, 3.05) is 69.5 Å². The van der Waals surface area contributed by atoms with Crippen molar-refractivity contribution in [2.24, 2.45) is 17.6 Å². The molecule has 7 amide bonds. The zero-order chi connectivity index (χ0) is 57.6. The SMILES string of the molecule is C#CCN(Cc1cc2c(=O)[nH]c(C)nc2cc1Br)c1ccc(C(=O)NCc2ccc[n+](Cc3ccc(NC(=O)[C@H](CCCNC(N)=O)CC(=O)[C@@H](NC(=O)CCOCCOCCOCCN4C(=O)C=CC4=O)C(C)C)cc3)c2)cc1. The van der Waals surface area contributed by atoms with E-state index in [1.165, 1.54) is 12.2 Å². The summed E-state index contributed by atoms with van der Waals surface area (Å²) in [5.41, 5.74) is 10.1. The minimum atomic E-state index is -0.861. The fourth-order valence-corrected chi connectivity index (χ4v) is 9.12. The number of aromatic amines is 1. The smallest absolute Gasteiger partial charge is 0.312 e. The van der Waals surface area contributed by atoms with Gasteiger partial charge in [0.2, 0.25) is 11.8 Å². The van der Waals surface area contributed by atoms with Crippen molar-refractivity contribution < 1.29 is 52.3 Å². The third-order valence-electron chi connectivity index (χ3n) is 12.8. The van der Waals surface area contributed by atoms with Gasteiger partial charge in [-0.25, -0.2) is 14.3 Å². The number of H-pyrrole nitrogens is 1. The van der Waals surface area contributed by atoms with Crippen LogP contribution in [0.15, 0.2) is 107 Å². The molecule has 5 aromatic rings. The molecule has 0 radical (unpaired) electrons. The maximum Gasteiger partial charge on any atom is 0.312 e. The van der Waals surface area contributed by atoms with Crippen LogP contribution < -0.4 is 42.0 Å². The largest absolute Gasteiger partial charge is 0.379 e. The second-order valence-corrected chi connectivity index (χ2v) is 20.2. The lowest BCUT2D eigenvalue weighted by molar-refractivity contribution is -0.688. The first kappa shape index (κ1) is 61.1. The molecule has 2 aromatic heterocycles. The van der Waals surface area contributed by atoms with E-state index in [1.54, 1.807) is 37.3 Å². The number of carbonyl (C=O) groups is 7. The number of nitrogens with one attached hydrogen (secondary N) is 5. The molecule has 0 aliphatic carbocycles. The number of rotatable bonds is 32. The Bertz CT molecular complexity index is 3110. The number of pyridine rings is 1. The van der Waals surface area contributed by atoms with Gasteiger partial charge in [-0.3, -0.25) is 38.5 Å². The zero-order valence-electron chi connectivity index (χ0n) is 45.1. The summed E-state index contributed by atoms with van der Waals surface area (Å²) in [7, 11) is 0. The molecule has 0 fully saturated rings. The summed E-state index contributed by atoms with van der Waals surface area (Å²) in [6, 6.07) is 20.3. The Labute approximate surface area is 472 Å². The molecule has 21 nitrogen and oxygen atoms in total. The van der Waals surface area contributed by atoms with Gasteiger partial charge >= 0.3 is 6.03 Å². The molecule has 3 aromatic carbocycles. The molecular weight excluding hydrogens is 1090 g/mol. The number of anilines is 2. The number of nitrogens with two attached hydrogens (primary N) is 1. The third-order valence-corrected chi connectivity index (χ3v) is 13.6. The molecule has 1 aliphatic heterocycles. The van der Waals surface area contributed by atoms with Gasteiger partial charge in [0.25, 0.3) is 23.3 Å². The highest BCUT2D eigenvalue weighted by Gasteiger charge is 2.30. The lowest BCUT2D eigenvalue weighted by atomic mass is 9.89. The number of benzene rings is 3. The number of ether oxygens (including phenoxy) is 3. The van der Waals surface area contributed by atoms with Gasteiger partial charge in [-0.15, -0.1) is 6.42 Å². The molecule has 22 heteroatoms. The molecule has 80 heavy (non-hydrogen) atoms. The molecule has 2 atom stereocenters. The molecule has 0 saturated carbocycles. The summed E-state index contributed by atoms with van der Waals surface area (Å²) >= 11 is 3.63. The average molecular weight is 1160 g/mol. The number of halogens is 1. The number of Topliss-reactive ketones (excluding diaryl/α,β-unsaturated/α-hetero) is 1. The minimum Gasteiger partial charge on any atom is -0.379 e. The minimum absolute atomic E-state index is 0.00553. The number of urea groups is 1. The number of hydrogen-bond donors (Lipinski definition) is 6. The van der Waals surface area contributed by atoms with Gasteiger partial charge in [0.05, 0.1) is 69.7 Å². The molecule has 6 rings (SSSR count). The Balaban J connectivity index is 0.943. The number of aromatic nitrogens is 3. The number of hydrogen-bond acceptors (Lipinski definition) is 13. The topological polar surface area (TPSA) is 277 Å². The highest BCUT2D eigenvalue weighted by atomic mass is 79.9. The van der Waals surface area contributed by atoms with E-state index >= 15 is 0 Å². The number of fused-ring (bicyclic) bond motifs is 1. The Hall–Kier alpha value is -8.10. The fraction of sp³-hybridized carbons (Fsp3) is 0.379. The van der Waals surface area contributed by atoms with Gasteiger partial charge in [0, 0.05) is 89.2 Å². The fourth-order valence-electron chi connectivity index (χ4n) is 8.67. The summed E-state index contributed by atoms with van der Waals surface area (Å²) in [4.78, 5) is 111. The van der Waals surface area contributed by atoms with Crippen molar-refractivity contribution in [3.63, 3.8) is 0 Å². The maximum absolute atomic E-state index is 13.8. The summed E-state index contributed by atoms with van der Waals surface area (Å²) < 4.78 is 19.2. The van der Waals surface area contributed by atoms with Crippen molar-refractivity contribution >= 4 is 79.6 Å². The van der Waals surface area contributed by atoms with Crippen molar-refractivity contribution in [3.05, 3.63) is 140 Å². The highest BCUT2D eigenvalue weighted by Crippen LogP contribution is 2.26. The Kier molecular flexibility index (Phi) is 23.6. The average Bonchev–Trinajstić information content (AvgIpc) is 3.75. The first-order valence-corrected chi connectivity index (χ1v) is 27.0. The predicted octanol–water partition coefficient (Wildman–Crippen LogP) is 4.37. The van der Waals surface area contributed by atoms with Crippen LogP contribution in [0.4, 0.5) is 16.2 Å². The first-order valence-electron chi connectivity index (χ1n) is 26.2. The lowest BCUT2D eigenvalue weighted by Crippen LogP contribution is -2.45. The van der Waals surface area contributed by atoms with Crippen LogP contribution >= 0.6 is 15.9 Å². The number of amides is 7. The van der Waals surface area contributed by atoms with Gasteiger partial charge in [-0.2, -0.15) is 0 Å². The van der Waals surface area contributed by atoms with Gasteiger partial charge in [-0.05, 0) is 85.8 Å². The second kappa shape index (κ2) is 30.9. The quantitative estimate of drug-likeness (QED) is 0.0151. The monoisotopic (exact) mass is 1160 g/mol. The van der Waals surface area contributed by atoms with Crippen LogP contribution in [0.2, 0.25) is 0 Å². The second-order valence-electron chi connectivity index (χ2n) is 19.3. The number of terminal acetylenes is 1. The van der Waals surface area contributed by atoms with Crippen LogP contribution in [0.1, 0.15) is 72.4 Å². The van der Waals surface area contributed by atoms with Crippen LogP contribution in [0, 0.1) is 31.1 Å². The molecule has 1 aliphatic rings. The first-order chi connectivity index (χ1) is 38.5. The maximum atomic E-state index is 13.8. The van der Waals surface area contributed by atoms with E-state index in [-0.39, 0.29) is 119 Å². The van der Waals surface area contributed by atoms with E-state index in [1.807, 2.05) is 78.2 Å². The van der Waals surface area contributed by atoms with Crippen LogP contribution in [-0.4, -0.2) is 122 Å². The van der Waals surface area contributed by atoms with E-state index in [2.05, 4.69) is 53.1 Å². The predicted molar refractivity (Wildman–Crippen MR) is 303 cm³/mol. The van der Waals surface area contributed by atoms with Crippen molar-refractivity contribution in [1.29, 1.82) is 0 Å². The molecule has 7 N–H and O–H groups in total. The van der Waals surface area contributed by atoms with E-state index in [4.69, 9.17) is 26.4 Å². The third kappa shape index (κ3) is 19.1. The van der Waals surface area contributed by atoms with E-state index in [0.29, 0.717) is 54.0 Å². The molecule has 0 spiro atoms. The summed E-state index contributed by atoms with van der Waals surface area (Å²) in [6.45, 7) is 8.45. The van der Waals surface area contributed by atoms with Gasteiger partial charge in [-0.1, -0.05) is 47.8 Å². The molecule has 422 valence electrons.